The molecular weight excluding hydrogens is 324 g/mol. The van der Waals surface area contributed by atoms with E-state index >= 15 is 0 Å². The SMILES string of the molecule is O=C(O)CN(CC1CC1)C(=O)NCc1ccc(Br)cc1. The van der Waals surface area contributed by atoms with E-state index in [-0.39, 0.29) is 12.6 Å². The molecule has 1 aromatic rings. The van der Waals surface area contributed by atoms with Crippen LogP contribution in [-0.4, -0.2) is 35.1 Å². The van der Waals surface area contributed by atoms with Gasteiger partial charge in [-0.1, -0.05) is 28.1 Å². The summed E-state index contributed by atoms with van der Waals surface area (Å²) in [4.78, 5) is 24.2. The molecule has 20 heavy (non-hydrogen) atoms. The fourth-order valence-electron chi connectivity index (χ4n) is 1.89. The van der Waals surface area contributed by atoms with E-state index in [2.05, 4.69) is 21.2 Å². The molecule has 0 bridgehead atoms. The van der Waals surface area contributed by atoms with E-state index in [1.807, 2.05) is 24.3 Å². The molecule has 0 saturated heterocycles. The molecule has 2 amide bonds. The number of rotatable bonds is 6. The Balaban J connectivity index is 1.86. The standard InChI is InChI=1S/C14H17BrN2O3/c15-12-5-3-10(4-6-12)7-16-14(20)17(9-13(18)19)8-11-1-2-11/h3-6,11H,1-2,7-9H2,(H,16,20)(H,18,19). The van der Waals surface area contributed by atoms with Crippen molar-refractivity contribution in [3.63, 3.8) is 0 Å². The van der Waals surface area contributed by atoms with Crippen LogP contribution in [0.3, 0.4) is 0 Å². The monoisotopic (exact) mass is 340 g/mol. The number of hydrogen-bond acceptors (Lipinski definition) is 2. The summed E-state index contributed by atoms with van der Waals surface area (Å²) in [6, 6.07) is 7.31. The number of nitrogens with zero attached hydrogens (tertiary/aromatic N) is 1. The molecule has 0 radical (unpaired) electrons. The van der Waals surface area contributed by atoms with Gasteiger partial charge in [0.25, 0.3) is 0 Å². The Kier molecular flexibility index (Phi) is 5.00. The molecule has 0 atom stereocenters. The van der Waals surface area contributed by atoms with Gasteiger partial charge in [0.05, 0.1) is 0 Å². The van der Waals surface area contributed by atoms with Crippen LogP contribution >= 0.6 is 15.9 Å². The number of amides is 2. The molecule has 1 fully saturated rings. The minimum absolute atomic E-state index is 0.247. The molecule has 108 valence electrons. The van der Waals surface area contributed by atoms with Crippen LogP contribution in [-0.2, 0) is 11.3 Å². The molecular formula is C14H17BrN2O3. The van der Waals surface area contributed by atoms with E-state index in [0.29, 0.717) is 19.0 Å². The molecule has 1 aromatic carbocycles. The predicted molar refractivity (Wildman–Crippen MR) is 78.3 cm³/mol. The fourth-order valence-corrected chi connectivity index (χ4v) is 2.15. The number of nitrogens with one attached hydrogen (secondary N) is 1. The fraction of sp³-hybridized carbons (Fsp3) is 0.429. The Labute approximate surface area is 126 Å². The van der Waals surface area contributed by atoms with E-state index < -0.39 is 5.97 Å². The van der Waals surface area contributed by atoms with Crippen LogP contribution in [0.1, 0.15) is 18.4 Å². The topological polar surface area (TPSA) is 69.6 Å². The molecule has 0 spiro atoms. The number of carbonyl (C=O) groups is 2. The third-order valence-corrected chi connectivity index (χ3v) is 3.67. The largest absolute Gasteiger partial charge is 0.480 e. The molecule has 2 rings (SSSR count). The van der Waals surface area contributed by atoms with Crippen molar-refractivity contribution in [2.75, 3.05) is 13.1 Å². The van der Waals surface area contributed by atoms with Crippen LogP contribution in [0.5, 0.6) is 0 Å². The van der Waals surface area contributed by atoms with Gasteiger partial charge in [0.2, 0.25) is 0 Å². The smallest absolute Gasteiger partial charge is 0.323 e. The highest BCUT2D eigenvalue weighted by Gasteiger charge is 2.27. The lowest BCUT2D eigenvalue weighted by Gasteiger charge is -2.21. The van der Waals surface area contributed by atoms with Gasteiger partial charge in [-0.3, -0.25) is 4.79 Å². The van der Waals surface area contributed by atoms with Crippen LogP contribution in [0, 0.1) is 5.92 Å². The van der Waals surface area contributed by atoms with Gasteiger partial charge in [0.15, 0.2) is 0 Å². The first-order valence-electron chi connectivity index (χ1n) is 6.53. The highest BCUT2D eigenvalue weighted by atomic mass is 79.9. The maximum absolute atomic E-state index is 12.0. The molecule has 2 N–H and O–H groups in total. The minimum atomic E-state index is -0.982. The molecule has 6 heteroatoms. The van der Waals surface area contributed by atoms with Gasteiger partial charge in [0, 0.05) is 17.6 Å². The van der Waals surface area contributed by atoms with E-state index in [9.17, 15) is 9.59 Å². The van der Waals surface area contributed by atoms with E-state index in [1.165, 1.54) is 4.90 Å². The highest BCUT2D eigenvalue weighted by molar-refractivity contribution is 9.10. The number of aliphatic carboxylic acids is 1. The van der Waals surface area contributed by atoms with Crippen molar-refractivity contribution >= 4 is 27.9 Å². The third kappa shape index (κ3) is 4.85. The summed E-state index contributed by atoms with van der Waals surface area (Å²) in [5, 5.41) is 11.6. The lowest BCUT2D eigenvalue weighted by atomic mass is 10.2. The van der Waals surface area contributed by atoms with Gasteiger partial charge >= 0.3 is 12.0 Å². The van der Waals surface area contributed by atoms with E-state index in [4.69, 9.17) is 5.11 Å². The zero-order valence-electron chi connectivity index (χ0n) is 11.0. The maximum Gasteiger partial charge on any atom is 0.323 e. The summed E-state index contributed by atoms with van der Waals surface area (Å²) in [5.41, 5.74) is 0.975. The summed E-state index contributed by atoms with van der Waals surface area (Å²) in [6.07, 6.45) is 2.16. The second-order valence-electron chi connectivity index (χ2n) is 5.00. The highest BCUT2D eigenvalue weighted by Crippen LogP contribution is 2.29. The average molecular weight is 341 g/mol. The lowest BCUT2D eigenvalue weighted by molar-refractivity contribution is -0.137. The van der Waals surface area contributed by atoms with Crippen molar-refractivity contribution < 1.29 is 14.7 Å². The van der Waals surface area contributed by atoms with Crippen molar-refractivity contribution in [3.8, 4) is 0 Å². The van der Waals surface area contributed by atoms with Crippen LogP contribution in [0.4, 0.5) is 4.79 Å². The summed E-state index contributed by atoms with van der Waals surface area (Å²) >= 11 is 3.35. The first-order valence-corrected chi connectivity index (χ1v) is 7.33. The van der Waals surface area contributed by atoms with Crippen LogP contribution in [0.15, 0.2) is 28.7 Å². The molecule has 0 aromatic heterocycles. The molecule has 0 aliphatic heterocycles. The lowest BCUT2D eigenvalue weighted by Crippen LogP contribution is -2.43. The number of urea groups is 1. The maximum atomic E-state index is 12.0. The zero-order chi connectivity index (χ0) is 14.5. The number of carboxylic acids is 1. The number of benzene rings is 1. The second kappa shape index (κ2) is 6.74. The Morgan fingerprint density at radius 1 is 1.30 bits per heavy atom. The first-order chi connectivity index (χ1) is 9.54. The Morgan fingerprint density at radius 3 is 2.50 bits per heavy atom. The predicted octanol–water partition coefficient (Wildman–Crippen LogP) is 2.46. The Bertz CT molecular complexity index is 486. The first kappa shape index (κ1) is 14.8. The van der Waals surface area contributed by atoms with Gasteiger partial charge < -0.3 is 15.3 Å². The van der Waals surface area contributed by atoms with Crippen LogP contribution in [0.25, 0.3) is 0 Å². The van der Waals surface area contributed by atoms with E-state index in [1.54, 1.807) is 0 Å². The molecule has 0 heterocycles. The summed E-state index contributed by atoms with van der Waals surface area (Å²) in [5.74, 6) is -0.516. The number of halogens is 1. The minimum Gasteiger partial charge on any atom is -0.480 e. The number of carboxylic acid groups (broad SMARTS) is 1. The van der Waals surface area contributed by atoms with Crippen molar-refractivity contribution in [1.82, 2.24) is 10.2 Å². The summed E-state index contributed by atoms with van der Waals surface area (Å²) in [7, 11) is 0. The Morgan fingerprint density at radius 2 is 1.95 bits per heavy atom. The van der Waals surface area contributed by atoms with Crippen LogP contribution in [0.2, 0.25) is 0 Å². The molecule has 1 aliphatic carbocycles. The third-order valence-electron chi connectivity index (χ3n) is 3.15. The van der Waals surface area contributed by atoms with E-state index in [0.717, 1.165) is 22.9 Å². The second-order valence-corrected chi connectivity index (χ2v) is 5.92. The Hall–Kier alpha value is -1.56. The number of carbonyl (C=O) groups excluding carboxylic acids is 1. The average Bonchev–Trinajstić information content (AvgIpc) is 3.20. The van der Waals surface area contributed by atoms with Gasteiger partial charge in [-0.25, -0.2) is 4.79 Å². The zero-order valence-corrected chi connectivity index (χ0v) is 12.6. The molecule has 0 unspecified atom stereocenters. The van der Waals surface area contributed by atoms with Crippen molar-refractivity contribution in [2.45, 2.75) is 19.4 Å². The molecule has 1 saturated carbocycles. The summed E-state index contributed by atoms with van der Waals surface area (Å²) in [6.45, 7) is 0.675. The van der Waals surface area contributed by atoms with Gasteiger partial charge in [-0.2, -0.15) is 0 Å². The van der Waals surface area contributed by atoms with Crippen molar-refractivity contribution in [3.05, 3.63) is 34.3 Å². The normalized spacial score (nSPS) is 13.8. The van der Waals surface area contributed by atoms with Gasteiger partial charge in [-0.05, 0) is 36.5 Å². The van der Waals surface area contributed by atoms with Gasteiger partial charge in [0.1, 0.15) is 6.54 Å². The summed E-state index contributed by atoms with van der Waals surface area (Å²) < 4.78 is 0.980. The van der Waals surface area contributed by atoms with Crippen molar-refractivity contribution in [2.24, 2.45) is 5.92 Å². The number of hydrogen-bond donors (Lipinski definition) is 2. The quantitative estimate of drug-likeness (QED) is 0.835. The molecule has 5 nitrogen and oxygen atoms in total. The van der Waals surface area contributed by atoms with Crippen LogP contribution < -0.4 is 5.32 Å². The van der Waals surface area contributed by atoms with Crippen molar-refractivity contribution in [1.29, 1.82) is 0 Å². The molecule has 1 aliphatic rings. The van der Waals surface area contributed by atoms with Gasteiger partial charge in [-0.15, -0.1) is 0 Å².